The van der Waals surface area contributed by atoms with E-state index >= 15 is 0 Å². The minimum absolute atomic E-state index is 0.123. The van der Waals surface area contributed by atoms with Crippen molar-refractivity contribution < 1.29 is 18.0 Å². The summed E-state index contributed by atoms with van der Waals surface area (Å²) in [7, 11) is -3.29. The normalized spacial score (nSPS) is 18.9. The van der Waals surface area contributed by atoms with E-state index in [9.17, 15) is 18.0 Å². The van der Waals surface area contributed by atoms with E-state index in [-0.39, 0.29) is 12.1 Å². The van der Waals surface area contributed by atoms with Crippen molar-refractivity contribution in [2.24, 2.45) is 0 Å². The summed E-state index contributed by atoms with van der Waals surface area (Å²) in [6.07, 6.45) is 2.38. The Bertz CT molecular complexity index is 821. The van der Waals surface area contributed by atoms with Gasteiger partial charge in [0.1, 0.15) is 5.78 Å². The molecule has 1 aromatic rings. The van der Waals surface area contributed by atoms with Crippen LogP contribution in [0.25, 0.3) is 0 Å². The zero-order valence-electron chi connectivity index (χ0n) is 17.1. The van der Waals surface area contributed by atoms with Crippen molar-refractivity contribution in [3.05, 3.63) is 24.3 Å². The molecule has 8 nitrogen and oxygen atoms in total. The maximum atomic E-state index is 12.5. The number of hydrogen-bond donors (Lipinski definition) is 2. The van der Waals surface area contributed by atoms with E-state index < -0.39 is 15.3 Å². The lowest BCUT2D eigenvalue weighted by molar-refractivity contribution is -0.119. The summed E-state index contributed by atoms with van der Waals surface area (Å²) in [4.78, 5) is 27.8. The lowest BCUT2D eigenvalue weighted by Gasteiger charge is -2.32. The fraction of sp³-hybridized carbons (Fsp3) is 0.600. The van der Waals surface area contributed by atoms with Gasteiger partial charge in [0.05, 0.1) is 5.25 Å². The number of anilines is 2. The van der Waals surface area contributed by atoms with Crippen LogP contribution in [-0.4, -0.2) is 62.6 Å². The Balaban J connectivity index is 1.48. The van der Waals surface area contributed by atoms with Gasteiger partial charge in [-0.3, -0.25) is 4.79 Å². The number of likely N-dealkylation sites (tertiary alicyclic amines) is 1. The summed E-state index contributed by atoms with van der Waals surface area (Å²) in [5.74, 6) is 0.311. The molecule has 2 fully saturated rings. The molecule has 2 aliphatic rings. The molecule has 0 atom stereocenters. The second-order valence-electron chi connectivity index (χ2n) is 7.98. The first-order valence-electron chi connectivity index (χ1n) is 10.2. The Morgan fingerprint density at radius 3 is 2.17 bits per heavy atom. The van der Waals surface area contributed by atoms with Crippen molar-refractivity contribution >= 4 is 33.2 Å². The van der Waals surface area contributed by atoms with E-state index in [4.69, 9.17) is 0 Å². The maximum absolute atomic E-state index is 12.5. The second kappa shape index (κ2) is 9.13. The summed E-state index contributed by atoms with van der Waals surface area (Å²) >= 11 is 0. The molecule has 2 N–H and O–H groups in total. The van der Waals surface area contributed by atoms with Crippen LogP contribution in [0.1, 0.15) is 39.5 Å². The highest BCUT2D eigenvalue weighted by atomic mass is 32.2. The van der Waals surface area contributed by atoms with Crippen LogP contribution in [0.3, 0.4) is 0 Å². The lowest BCUT2D eigenvalue weighted by atomic mass is 10.1. The topological polar surface area (TPSA) is 98.8 Å². The van der Waals surface area contributed by atoms with Gasteiger partial charge in [-0.1, -0.05) is 0 Å². The Morgan fingerprint density at radius 2 is 1.62 bits per heavy atom. The summed E-state index contributed by atoms with van der Waals surface area (Å²) < 4.78 is 26.7. The van der Waals surface area contributed by atoms with E-state index in [1.165, 1.54) is 0 Å². The second-order valence-corrected chi connectivity index (χ2v) is 10.2. The van der Waals surface area contributed by atoms with E-state index in [0.717, 1.165) is 24.5 Å². The third-order valence-corrected chi connectivity index (χ3v) is 7.44. The molecule has 0 bridgehead atoms. The van der Waals surface area contributed by atoms with Crippen molar-refractivity contribution in [2.45, 2.75) is 50.8 Å². The summed E-state index contributed by atoms with van der Waals surface area (Å²) in [6, 6.07) is 7.35. The van der Waals surface area contributed by atoms with Crippen LogP contribution in [0.2, 0.25) is 0 Å². The van der Waals surface area contributed by atoms with Gasteiger partial charge in [-0.05, 0) is 51.0 Å². The monoisotopic (exact) mass is 422 g/mol. The molecule has 2 aliphatic heterocycles. The highest BCUT2D eigenvalue weighted by Crippen LogP contribution is 2.21. The Hall–Kier alpha value is -2.13. The van der Waals surface area contributed by atoms with Crippen molar-refractivity contribution in [2.75, 3.05) is 36.4 Å². The van der Waals surface area contributed by atoms with Crippen LogP contribution < -0.4 is 14.9 Å². The van der Waals surface area contributed by atoms with Gasteiger partial charge in [-0.2, -0.15) is 0 Å². The summed E-state index contributed by atoms with van der Waals surface area (Å²) in [5.41, 5.74) is 1.77. The van der Waals surface area contributed by atoms with E-state index in [1.807, 2.05) is 24.3 Å². The molecule has 0 aromatic heterocycles. The number of benzene rings is 1. The summed E-state index contributed by atoms with van der Waals surface area (Å²) in [6.45, 7) is 5.80. The maximum Gasteiger partial charge on any atom is 0.321 e. The van der Waals surface area contributed by atoms with Crippen molar-refractivity contribution in [3.63, 3.8) is 0 Å². The quantitative estimate of drug-likeness (QED) is 0.758. The van der Waals surface area contributed by atoms with Gasteiger partial charge >= 0.3 is 6.03 Å². The number of nitrogens with one attached hydrogen (secondary N) is 2. The van der Waals surface area contributed by atoms with E-state index in [2.05, 4.69) is 14.9 Å². The van der Waals surface area contributed by atoms with Gasteiger partial charge in [-0.25, -0.2) is 17.9 Å². The molecular weight excluding hydrogens is 392 g/mol. The molecule has 160 valence electrons. The molecule has 2 heterocycles. The highest BCUT2D eigenvalue weighted by molar-refractivity contribution is 7.90. The number of hydrogen-bond acceptors (Lipinski definition) is 5. The molecule has 0 unspecified atom stereocenters. The zero-order valence-corrected chi connectivity index (χ0v) is 17.9. The molecule has 2 saturated heterocycles. The van der Waals surface area contributed by atoms with Crippen LogP contribution >= 0.6 is 0 Å². The number of carbonyl (C=O) groups is 2. The molecular formula is C20H30N4O4S. The number of urea groups is 1. The fourth-order valence-electron chi connectivity index (χ4n) is 3.54. The lowest BCUT2D eigenvalue weighted by Crippen LogP contribution is -2.48. The van der Waals surface area contributed by atoms with Crippen LogP contribution in [-0.2, 0) is 14.8 Å². The number of rotatable bonds is 5. The van der Waals surface area contributed by atoms with Gasteiger partial charge in [0.15, 0.2) is 0 Å². The smallest absolute Gasteiger partial charge is 0.321 e. The average Bonchev–Trinajstić information content (AvgIpc) is 2.69. The molecule has 0 spiro atoms. The van der Waals surface area contributed by atoms with Crippen LogP contribution in [0, 0.1) is 0 Å². The van der Waals surface area contributed by atoms with Gasteiger partial charge in [0, 0.05) is 56.4 Å². The standard InChI is InChI=1S/C20H30N4O4S/c1-15(2)29(27,28)22-17-7-11-24(12-8-17)20(26)21-16-3-5-18(6-4-16)23-13-9-19(25)10-14-23/h3-6,15,17,22H,7-14H2,1-2H3,(H,21,26). The van der Waals surface area contributed by atoms with Gasteiger partial charge < -0.3 is 15.1 Å². The number of ketones is 1. The predicted molar refractivity (Wildman–Crippen MR) is 114 cm³/mol. The third-order valence-electron chi connectivity index (χ3n) is 5.54. The van der Waals surface area contributed by atoms with Crippen molar-refractivity contribution in [1.29, 1.82) is 0 Å². The summed E-state index contributed by atoms with van der Waals surface area (Å²) in [5, 5.41) is 2.44. The molecule has 0 aliphatic carbocycles. The number of Topliss-reactive ketones (excluding diaryl/α,β-unsaturated/α-hetero) is 1. The average molecular weight is 423 g/mol. The zero-order chi connectivity index (χ0) is 21.0. The number of amides is 2. The van der Waals surface area contributed by atoms with E-state index in [1.54, 1.807) is 18.7 Å². The molecule has 29 heavy (non-hydrogen) atoms. The largest absolute Gasteiger partial charge is 0.371 e. The molecule has 2 amide bonds. The van der Waals surface area contributed by atoms with E-state index in [0.29, 0.717) is 44.6 Å². The van der Waals surface area contributed by atoms with Gasteiger partial charge in [-0.15, -0.1) is 0 Å². The molecule has 0 saturated carbocycles. The first-order chi connectivity index (χ1) is 13.7. The first-order valence-corrected chi connectivity index (χ1v) is 11.7. The van der Waals surface area contributed by atoms with Crippen LogP contribution in [0.5, 0.6) is 0 Å². The Morgan fingerprint density at radius 1 is 1.03 bits per heavy atom. The molecule has 0 radical (unpaired) electrons. The van der Waals surface area contributed by atoms with Crippen LogP contribution in [0.4, 0.5) is 16.2 Å². The number of sulfonamides is 1. The van der Waals surface area contributed by atoms with Crippen LogP contribution in [0.15, 0.2) is 24.3 Å². The minimum atomic E-state index is -3.29. The molecule has 9 heteroatoms. The number of piperidine rings is 2. The Labute approximate surface area is 172 Å². The highest BCUT2D eigenvalue weighted by Gasteiger charge is 2.27. The van der Waals surface area contributed by atoms with Gasteiger partial charge in [0.25, 0.3) is 0 Å². The first kappa shape index (κ1) is 21.6. The van der Waals surface area contributed by atoms with Crippen molar-refractivity contribution in [3.8, 4) is 0 Å². The fourth-order valence-corrected chi connectivity index (χ4v) is 4.51. The molecule has 1 aromatic carbocycles. The number of carbonyl (C=O) groups excluding carboxylic acids is 2. The predicted octanol–water partition coefficient (Wildman–Crippen LogP) is 2.18. The van der Waals surface area contributed by atoms with Gasteiger partial charge in [0.2, 0.25) is 10.0 Å². The minimum Gasteiger partial charge on any atom is -0.371 e. The number of nitrogens with zero attached hydrogens (tertiary/aromatic N) is 2. The SMILES string of the molecule is CC(C)S(=O)(=O)NC1CCN(C(=O)Nc2ccc(N3CCC(=O)CC3)cc2)CC1. The molecule has 3 rings (SSSR count). The Kier molecular flexibility index (Phi) is 6.79. The van der Waals surface area contributed by atoms with Crippen molar-refractivity contribution in [1.82, 2.24) is 9.62 Å². The third kappa shape index (κ3) is 5.70.